The van der Waals surface area contributed by atoms with Gasteiger partial charge < -0.3 is 10.6 Å². The van der Waals surface area contributed by atoms with Crippen molar-refractivity contribution in [3.63, 3.8) is 0 Å². The van der Waals surface area contributed by atoms with E-state index in [4.69, 9.17) is 0 Å². The third-order valence-electron chi connectivity index (χ3n) is 2.83. The summed E-state index contributed by atoms with van der Waals surface area (Å²) in [5.41, 5.74) is 1.79. The molecule has 0 aliphatic rings. The van der Waals surface area contributed by atoms with Crippen molar-refractivity contribution < 1.29 is 4.79 Å². The fourth-order valence-electron chi connectivity index (χ4n) is 1.80. The Kier molecular flexibility index (Phi) is 11.3. The van der Waals surface area contributed by atoms with Crippen LogP contribution in [0.3, 0.4) is 0 Å². The molecule has 8 heteroatoms. The molecular formula is C15H21Cl2N3OS2. The molecule has 1 aromatic carbocycles. The summed E-state index contributed by atoms with van der Waals surface area (Å²) in [6, 6.07) is 7.70. The zero-order valence-electron chi connectivity index (χ0n) is 13.0. The van der Waals surface area contributed by atoms with Gasteiger partial charge in [-0.3, -0.25) is 4.79 Å². The molecule has 2 rings (SSSR count). The lowest BCUT2D eigenvalue weighted by Crippen LogP contribution is -2.30. The number of aryl methyl sites for hydroxylation is 1. The molecule has 0 fully saturated rings. The van der Waals surface area contributed by atoms with Gasteiger partial charge in [0, 0.05) is 29.1 Å². The largest absolute Gasteiger partial charge is 0.351 e. The Morgan fingerprint density at radius 3 is 2.65 bits per heavy atom. The van der Waals surface area contributed by atoms with Crippen molar-refractivity contribution in [2.45, 2.75) is 17.6 Å². The summed E-state index contributed by atoms with van der Waals surface area (Å²) in [6.45, 7) is 3.39. The van der Waals surface area contributed by atoms with Crippen molar-refractivity contribution in [2.75, 3.05) is 20.1 Å². The summed E-state index contributed by atoms with van der Waals surface area (Å²) in [5, 5.41) is 9.07. The second kappa shape index (κ2) is 11.7. The predicted molar refractivity (Wildman–Crippen MR) is 104 cm³/mol. The van der Waals surface area contributed by atoms with Crippen molar-refractivity contribution in [3.05, 3.63) is 45.9 Å². The van der Waals surface area contributed by atoms with Gasteiger partial charge in [0.05, 0.1) is 16.3 Å². The highest BCUT2D eigenvalue weighted by Crippen LogP contribution is 2.26. The van der Waals surface area contributed by atoms with Crippen LogP contribution in [-0.4, -0.2) is 31.0 Å². The smallest absolute Gasteiger partial charge is 0.252 e. The summed E-state index contributed by atoms with van der Waals surface area (Å²) in [6.07, 6.45) is 0. The number of hydrogen-bond donors (Lipinski definition) is 2. The van der Waals surface area contributed by atoms with Gasteiger partial charge in [-0.1, -0.05) is 12.1 Å². The highest BCUT2D eigenvalue weighted by Gasteiger charge is 2.11. The van der Waals surface area contributed by atoms with Crippen molar-refractivity contribution in [1.29, 1.82) is 0 Å². The molecule has 2 N–H and O–H groups in total. The Morgan fingerprint density at radius 2 is 2.00 bits per heavy atom. The van der Waals surface area contributed by atoms with Crippen molar-refractivity contribution in [1.82, 2.24) is 15.6 Å². The van der Waals surface area contributed by atoms with Gasteiger partial charge >= 0.3 is 0 Å². The molecule has 2 aromatic rings. The van der Waals surface area contributed by atoms with Gasteiger partial charge in [-0.2, -0.15) is 0 Å². The summed E-state index contributed by atoms with van der Waals surface area (Å²) in [5.74, 6) is 0.758. The number of amides is 1. The monoisotopic (exact) mass is 393 g/mol. The minimum absolute atomic E-state index is 0. The Hall–Kier alpha value is -0.790. The SMILES string of the molecule is CNCCNC(=O)c1ccccc1SCc1csc(C)n1.Cl.Cl. The van der Waals surface area contributed by atoms with Gasteiger partial charge in [-0.25, -0.2) is 4.98 Å². The van der Waals surface area contributed by atoms with Gasteiger partial charge in [0.2, 0.25) is 0 Å². The second-order valence-electron chi connectivity index (χ2n) is 4.50. The van der Waals surface area contributed by atoms with Gasteiger partial charge in [0.15, 0.2) is 0 Å². The van der Waals surface area contributed by atoms with E-state index in [1.165, 1.54) is 0 Å². The zero-order valence-corrected chi connectivity index (χ0v) is 16.3. The van der Waals surface area contributed by atoms with Crippen LogP contribution in [0.4, 0.5) is 0 Å². The molecular weight excluding hydrogens is 373 g/mol. The molecule has 0 atom stereocenters. The maximum absolute atomic E-state index is 12.2. The molecule has 1 aromatic heterocycles. The number of hydrogen-bond acceptors (Lipinski definition) is 5. The van der Waals surface area contributed by atoms with E-state index in [0.717, 1.165) is 33.5 Å². The lowest BCUT2D eigenvalue weighted by atomic mass is 10.2. The van der Waals surface area contributed by atoms with E-state index in [2.05, 4.69) is 21.0 Å². The fourth-order valence-corrected chi connectivity index (χ4v) is 3.46. The summed E-state index contributed by atoms with van der Waals surface area (Å²) >= 11 is 3.30. The van der Waals surface area contributed by atoms with Crippen LogP contribution in [-0.2, 0) is 5.75 Å². The average Bonchev–Trinajstić information content (AvgIpc) is 2.91. The predicted octanol–water partition coefficient (Wildman–Crippen LogP) is 3.54. The Balaban J connectivity index is 0.00000242. The van der Waals surface area contributed by atoms with Crippen LogP contribution in [0.25, 0.3) is 0 Å². The van der Waals surface area contributed by atoms with Crippen LogP contribution >= 0.6 is 47.9 Å². The molecule has 128 valence electrons. The molecule has 0 aliphatic carbocycles. The van der Waals surface area contributed by atoms with E-state index in [1.54, 1.807) is 23.1 Å². The number of rotatable bonds is 7. The lowest BCUT2D eigenvalue weighted by Gasteiger charge is -2.09. The first-order valence-corrected chi connectivity index (χ1v) is 8.63. The number of halogens is 2. The molecule has 0 unspecified atom stereocenters. The third kappa shape index (κ3) is 7.10. The Labute approximate surface area is 157 Å². The van der Waals surface area contributed by atoms with Crippen molar-refractivity contribution >= 4 is 53.8 Å². The second-order valence-corrected chi connectivity index (χ2v) is 6.58. The number of nitrogens with zero attached hydrogens (tertiary/aromatic N) is 1. The van der Waals surface area contributed by atoms with Crippen LogP contribution in [0, 0.1) is 6.92 Å². The number of thioether (sulfide) groups is 1. The first-order valence-electron chi connectivity index (χ1n) is 6.76. The fraction of sp³-hybridized carbons (Fsp3) is 0.333. The minimum Gasteiger partial charge on any atom is -0.351 e. The van der Waals surface area contributed by atoms with Gasteiger partial charge in [0.1, 0.15) is 0 Å². The Morgan fingerprint density at radius 1 is 1.26 bits per heavy atom. The zero-order chi connectivity index (χ0) is 15.1. The lowest BCUT2D eigenvalue weighted by molar-refractivity contribution is 0.0951. The third-order valence-corrected chi connectivity index (χ3v) is 4.76. The molecule has 0 aliphatic heterocycles. The normalized spacial score (nSPS) is 9.65. The number of thiazole rings is 1. The maximum atomic E-state index is 12.2. The summed E-state index contributed by atoms with van der Waals surface area (Å²) in [7, 11) is 1.87. The molecule has 0 spiro atoms. The van der Waals surface area contributed by atoms with Crippen LogP contribution in [0.2, 0.25) is 0 Å². The average molecular weight is 394 g/mol. The highest BCUT2D eigenvalue weighted by atomic mass is 35.5. The van der Waals surface area contributed by atoms with Crippen LogP contribution in [0.5, 0.6) is 0 Å². The number of carbonyl (C=O) groups is 1. The maximum Gasteiger partial charge on any atom is 0.252 e. The first-order chi connectivity index (χ1) is 10.2. The van der Waals surface area contributed by atoms with Crippen molar-refractivity contribution in [3.8, 4) is 0 Å². The molecule has 0 saturated carbocycles. The topological polar surface area (TPSA) is 54.0 Å². The summed E-state index contributed by atoms with van der Waals surface area (Å²) < 4.78 is 0. The molecule has 0 saturated heterocycles. The van der Waals surface area contributed by atoms with E-state index in [0.29, 0.717) is 6.54 Å². The van der Waals surface area contributed by atoms with Gasteiger partial charge in [-0.05, 0) is 26.1 Å². The van der Waals surface area contributed by atoms with E-state index < -0.39 is 0 Å². The number of benzene rings is 1. The number of likely N-dealkylation sites (N-methyl/N-ethyl adjacent to an activating group) is 1. The van der Waals surface area contributed by atoms with Crippen molar-refractivity contribution in [2.24, 2.45) is 0 Å². The van der Waals surface area contributed by atoms with E-state index in [-0.39, 0.29) is 30.7 Å². The van der Waals surface area contributed by atoms with Gasteiger partial charge in [0.25, 0.3) is 5.91 Å². The molecule has 4 nitrogen and oxygen atoms in total. The number of aromatic nitrogens is 1. The van der Waals surface area contributed by atoms with Crippen LogP contribution in [0.1, 0.15) is 21.1 Å². The minimum atomic E-state index is -0.0252. The van der Waals surface area contributed by atoms with E-state index in [9.17, 15) is 4.79 Å². The van der Waals surface area contributed by atoms with Crippen LogP contribution in [0.15, 0.2) is 34.5 Å². The van der Waals surface area contributed by atoms with E-state index in [1.807, 2.05) is 38.2 Å². The molecule has 1 amide bonds. The van der Waals surface area contributed by atoms with E-state index >= 15 is 0 Å². The first kappa shape index (κ1) is 22.2. The highest BCUT2D eigenvalue weighted by molar-refractivity contribution is 7.98. The standard InChI is InChI=1S/C15H19N3OS2.2ClH/c1-11-18-12(9-20-11)10-21-14-6-4-3-5-13(14)15(19)17-8-7-16-2;;/h3-6,9,16H,7-8,10H2,1-2H3,(H,17,19);2*1H. The van der Waals surface area contributed by atoms with Crippen LogP contribution < -0.4 is 10.6 Å². The number of nitrogens with one attached hydrogen (secondary N) is 2. The quantitative estimate of drug-likeness (QED) is 0.557. The molecule has 23 heavy (non-hydrogen) atoms. The molecule has 1 heterocycles. The molecule has 0 bridgehead atoms. The molecule has 0 radical (unpaired) electrons. The van der Waals surface area contributed by atoms with Gasteiger partial charge in [-0.15, -0.1) is 47.9 Å². The summed E-state index contributed by atoms with van der Waals surface area (Å²) in [4.78, 5) is 17.6. The Bertz CT molecular complexity index is 608. The number of carbonyl (C=O) groups excluding carboxylic acids is 1.